The zero-order valence-corrected chi connectivity index (χ0v) is 58.2. The Morgan fingerprint density at radius 2 is 0.422 bits per heavy atom. The molecule has 0 aliphatic heterocycles. The minimum Gasteiger partial charge on any atom is -0.310 e. The molecular formula is C96H76N6. The maximum atomic E-state index is 2.37. The van der Waals surface area contributed by atoms with Crippen molar-refractivity contribution in [2.24, 2.45) is 0 Å². The van der Waals surface area contributed by atoms with Crippen LogP contribution in [-0.2, 0) is 0 Å². The predicted molar refractivity (Wildman–Crippen MR) is 434 cm³/mol. The number of hydrogen-bond acceptors (Lipinski definition) is 3. The SMILES string of the molecule is Cc1cccc(N(c2cccc(C)c2)c2ccc(-c3ccc(N(c4cccc(C)c4)c4cccc(C)c4)c(C)c3)cc2C)c1.c1ccc2c(c1)c1ccccc1n2-c1ccc(N(c2ccc(-n3c4ccccc4c4ccccc43)cc2)c2ccc(-n3c4ccccc4c4ccccc43)cc2)cc1. The molecule has 3 aromatic heterocycles. The Hall–Kier alpha value is -12.9. The molecule has 6 nitrogen and oxygen atoms in total. The van der Waals surface area contributed by atoms with Gasteiger partial charge in [-0.2, -0.15) is 0 Å². The van der Waals surface area contributed by atoms with E-state index in [1.165, 1.54) is 144 Å². The number of fused-ring (bicyclic) bond motifs is 9. The molecule has 0 saturated heterocycles. The largest absolute Gasteiger partial charge is 0.310 e. The van der Waals surface area contributed by atoms with Crippen LogP contribution in [0, 0.1) is 41.5 Å². The monoisotopic (exact) mass is 1310 g/mol. The molecule has 15 aromatic carbocycles. The van der Waals surface area contributed by atoms with Crippen molar-refractivity contribution >= 4 is 117 Å². The number of rotatable bonds is 13. The van der Waals surface area contributed by atoms with Crippen molar-refractivity contribution in [1.82, 2.24) is 13.7 Å². The average molecular weight is 1310 g/mol. The van der Waals surface area contributed by atoms with E-state index < -0.39 is 0 Å². The maximum Gasteiger partial charge on any atom is 0.0541 e. The number of para-hydroxylation sites is 6. The predicted octanol–water partition coefficient (Wildman–Crippen LogP) is 26.6. The Kier molecular flexibility index (Phi) is 16.2. The molecule has 0 aliphatic carbocycles. The van der Waals surface area contributed by atoms with Crippen LogP contribution in [0.2, 0.25) is 0 Å². The van der Waals surface area contributed by atoms with Crippen molar-refractivity contribution in [1.29, 1.82) is 0 Å². The van der Waals surface area contributed by atoms with Gasteiger partial charge in [-0.1, -0.05) is 170 Å². The highest BCUT2D eigenvalue weighted by Crippen LogP contribution is 2.44. The second kappa shape index (κ2) is 26.4. The number of nitrogens with zero attached hydrogens (tertiary/aromatic N) is 6. The summed E-state index contributed by atoms with van der Waals surface area (Å²) in [7, 11) is 0. The van der Waals surface area contributed by atoms with Gasteiger partial charge >= 0.3 is 0 Å². The zero-order valence-electron chi connectivity index (χ0n) is 58.2. The minimum absolute atomic E-state index is 1.08. The average Bonchev–Trinajstić information content (AvgIpc) is 1.53. The molecule has 18 aromatic rings. The van der Waals surface area contributed by atoms with Crippen LogP contribution in [0.3, 0.4) is 0 Å². The number of anilines is 9. The third kappa shape index (κ3) is 11.5. The summed E-state index contributed by atoms with van der Waals surface area (Å²) in [6, 6.07) is 128. The molecule has 490 valence electrons. The number of aryl methyl sites for hydroxylation is 6. The Balaban J connectivity index is 0.000000158. The molecule has 102 heavy (non-hydrogen) atoms. The van der Waals surface area contributed by atoms with E-state index in [4.69, 9.17) is 0 Å². The summed E-state index contributed by atoms with van der Waals surface area (Å²) in [4.78, 5) is 7.10. The molecule has 0 N–H and O–H groups in total. The second-order valence-electron chi connectivity index (χ2n) is 27.0. The van der Waals surface area contributed by atoms with Crippen molar-refractivity contribution in [3.05, 3.63) is 385 Å². The summed E-state index contributed by atoms with van der Waals surface area (Å²) in [6.07, 6.45) is 0. The lowest BCUT2D eigenvalue weighted by atomic mass is 9.98. The molecule has 6 heteroatoms. The Labute approximate surface area is 596 Å². The van der Waals surface area contributed by atoms with Crippen molar-refractivity contribution in [2.45, 2.75) is 41.5 Å². The van der Waals surface area contributed by atoms with Crippen LogP contribution >= 0.6 is 0 Å². The summed E-state index contributed by atoms with van der Waals surface area (Å²) >= 11 is 0. The van der Waals surface area contributed by atoms with Crippen LogP contribution < -0.4 is 14.7 Å². The van der Waals surface area contributed by atoms with Crippen molar-refractivity contribution in [3.63, 3.8) is 0 Å². The van der Waals surface area contributed by atoms with E-state index in [0.29, 0.717) is 0 Å². The van der Waals surface area contributed by atoms with Crippen molar-refractivity contribution in [2.75, 3.05) is 14.7 Å². The van der Waals surface area contributed by atoms with E-state index in [2.05, 4.69) is 422 Å². The fraction of sp³-hybridized carbons (Fsp3) is 0.0625. The number of aromatic nitrogens is 3. The first kappa shape index (κ1) is 62.6. The van der Waals surface area contributed by atoms with Gasteiger partial charge in [0.2, 0.25) is 0 Å². The maximum absolute atomic E-state index is 2.37. The van der Waals surface area contributed by atoms with Crippen LogP contribution in [0.4, 0.5) is 51.2 Å². The highest BCUT2D eigenvalue weighted by Gasteiger charge is 2.22. The number of hydrogen-bond donors (Lipinski definition) is 0. The van der Waals surface area contributed by atoms with Crippen LogP contribution in [0.5, 0.6) is 0 Å². The van der Waals surface area contributed by atoms with Gasteiger partial charge in [-0.05, 0) is 268 Å². The third-order valence-corrected chi connectivity index (χ3v) is 20.1. The molecule has 0 spiro atoms. The number of benzene rings is 15. The third-order valence-electron chi connectivity index (χ3n) is 20.1. The van der Waals surface area contributed by atoms with Crippen molar-refractivity contribution < 1.29 is 0 Å². The van der Waals surface area contributed by atoms with E-state index in [-0.39, 0.29) is 0 Å². The molecule has 0 unspecified atom stereocenters. The van der Waals surface area contributed by atoms with E-state index in [1.807, 2.05) is 0 Å². The Morgan fingerprint density at radius 3 is 0.647 bits per heavy atom. The molecular weight excluding hydrogens is 1240 g/mol. The lowest BCUT2D eigenvalue weighted by Gasteiger charge is -2.28. The van der Waals surface area contributed by atoms with Crippen LogP contribution in [0.25, 0.3) is 93.6 Å². The first-order valence-electron chi connectivity index (χ1n) is 35.2. The highest BCUT2D eigenvalue weighted by molar-refractivity contribution is 6.11. The van der Waals surface area contributed by atoms with Gasteiger partial charge in [0, 0.05) is 101 Å². The first-order chi connectivity index (χ1) is 50.1. The first-order valence-corrected chi connectivity index (χ1v) is 35.2. The minimum atomic E-state index is 1.08. The molecule has 3 heterocycles. The van der Waals surface area contributed by atoms with Crippen LogP contribution in [0.1, 0.15) is 33.4 Å². The standard InChI is InChI=1S/C54H36N4.C42H40N2/c1-7-19-49-43(13-1)44-14-2-8-20-50(44)56(49)40-31-25-37(26-32-40)55(38-27-33-41(34-28-38)57-51-21-9-3-15-45(51)46-16-4-10-22-52(46)57)39-29-35-42(36-30-39)58-53-23-11-5-17-47(53)48-18-6-12-24-54(48)58;1-29-11-7-15-37(23-29)43(38-16-8-12-30(2)24-38)41-21-19-35(27-33(41)5)36-20-22-42(34(6)28-36)44(39-17-9-13-31(3)25-39)40-18-10-14-32(4)26-40/h1-36H;7-28H,1-6H3. The molecule has 0 bridgehead atoms. The topological polar surface area (TPSA) is 24.5 Å². The smallest absolute Gasteiger partial charge is 0.0541 e. The molecule has 0 aliphatic rings. The summed E-state index contributed by atoms with van der Waals surface area (Å²) in [5, 5.41) is 7.56. The van der Waals surface area contributed by atoms with E-state index in [1.54, 1.807) is 0 Å². The molecule has 0 saturated carbocycles. The quantitative estimate of drug-likeness (QED) is 0.115. The molecule has 0 amide bonds. The zero-order chi connectivity index (χ0) is 69.0. The van der Waals surface area contributed by atoms with Gasteiger partial charge in [0.15, 0.2) is 0 Å². The fourth-order valence-electron chi connectivity index (χ4n) is 15.4. The lowest BCUT2D eigenvalue weighted by molar-refractivity contribution is 1.16. The normalized spacial score (nSPS) is 11.4. The molecule has 0 atom stereocenters. The van der Waals surface area contributed by atoms with Gasteiger partial charge in [0.05, 0.1) is 33.1 Å². The molecule has 0 radical (unpaired) electrons. The second-order valence-corrected chi connectivity index (χ2v) is 27.0. The van der Waals surface area contributed by atoms with Gasteiger partial charge in [0.1, 0.15) is 0 Å². The molecule has 18 rings (SSSR count). The summed E-state index contributed by atoms with van der Waals surface area (Å²) < 4.78 is 7.12. The molecule has 0 fully saturated rings. The summed E-state index contributed by atoms with van der Waals surface area (Å²) in [5.41, 5.74) is 30.8. The van der Waals surface area contributed by atoms with Crippen LogP contribution in [0.15, 0.2) is 352 Å². The van der Waals surface area contributed by atoms with E-state index in [9.17, 15) is 0 Å². The fourth-order valence-corrected chi connectivity index (χ4v) is 15.4. The lowest BCUT2D eigenvalue weighted by Crippen LogP contribution is -2.12. The highest BCUT2D eigenvalue weighted by atomic mass is 15.2. The Morgan fingerprint density at radius 1 is 0.186 bits per heavy atom. The van der Waals surface area contributed by atoms with Gasteiger partial charge in [-0.3, -0.25) is 0 Å². The summed E-state index contributed by atoms with van der Waals surface area (Å²) in [5.74, 6) is 0. The van der Waals surface area contributed by atoms with Crippen LogP contribution in [-0.4, -0.2) is 13.7 Å². The summed E-state index contributed by atoms with van der Waals surface area (Å²) in [6.45, 7) is 13.0. The van der Waals surface area contributed by atoms with E-state index >= 15 is 0 Å². The van der Waals surface area contributed by atoms with Gasteiger partial charge in [0.25, 0.3) is 0 Å². The van der Waals surface area contributed by atoms with Gasteiger partial charge in [-0.15, -0.1) is 0 Å². The Bertz CT molecular complexity index is 5400. The van der Waals surface area contributed by atoms with Gasteiger partial charge in [-0.25, -0.2) is 0 Å². The van der Waals surface area contributed by atoms with Crippen molar-refractivity contribution in [3.8, 4) is 28.2 Å². The van der Waals surface area contributed by atoms with Gasteiger partial charge < -0.3 is 28.4 Å². The van der Waals surface area contributed by atoms with E-state index in [0.717, 1.165) is 34.1 Å².